The third-order valence-electron chi connectivity index (χ3n) is 7.48. The molecule has 0 aliphatic carbocycles. The SMILES string of the molecule is CCCCCCCCCCCCCCOC(=O)c1ccc(C(=O)Nc2ccn([C@@H]3O[C@H](CO)[C@@H](O)[C@@H]3O)c(=O)n2)cc1. The third-order valence-corrected chi connectivity index (χ3v) is 7.48. The Balaban J connectivity index is 1.35. The summed E-state index contributed by atoms with van der Waals surface area (Å²) in [7, 11) is 0. The molecule has 11 heteroatoms. The van der Waals surface area contributed by atoms with Crippen LogP contribution in [0.2, 0.25) is 0 Å². The molecular formula is C31H45N3O8. The van der Waals surface area contributed by atoms with E-state index in [1.54, 1.807) is 0 Å². The number of aromatic nitrogens is 2. The van der Waals surface area contributed by atoms with Crippen LogP contribution in [0.5, 0.6) is 0 Å². The highest BCUT2D eigenvalue weighted by Gasteiger charge is 2.43. The Bertz CT molecular complexity index is 1170. The highest BCUT2D eigenvalue weighted by atomic mass is 16.6. The van der Waals surface area contributed by atoms with Crippen LogP contribution in [0.4, 0.5) is 5.82 Å². The van der Waals surface area contributed by atoms with Gasteiger partial charge in [0.2, 0.25) is 0 Å². The summed E-state index contributed by atoms with van der Waals surface area (Å²) in [6.07, 6.45) is 11.0. The van der Waals surface area contributed by atoms with Crippen molar-refractivity contribution in [2.75, 3.05) is 18.5 Å². The number of esters is 1. The minimum Gasteiger partial charge on any atom is -0.462 e. The first-order chi connectivity index (χ1) is 20.3. The number of amides is 1. The molecule has 0 spiro atoms. The lowest BCUT2D eigenvalue weighted by molar-refractivity contribution is -0.0549. The summed E-state index contributed by atoms with van der Waals surface area (Å²) in [5.41, 5.74) is -0.236. The quantitative estimate of drug-likeness (QED) is 0.149. The Morgan fingerprint density at radius 3 is 2.00 bits per heavy atom. The lowest BCUT2D eigenvalue weighted by Crippen LogP contribution is -2.36. The van der Waals surface area contributed by atoms with E-state index in [1.807, 2.05) is 0 Å². The minimum atomic E-state index is -1.43. The van der Waals surface area contributed by atoms with E-state index in [1.165, 1.54) is 94.3 Å². The second-order valence-electron chi connectivity index (χ2n) is 10.8. The van der Waals surface area contributed by atoms with Crippen molar-refractivity contribution < 1.29 is 34.4 Å². The van der Waals surface area contributed by atoms with E-state index in [0.717, 1.165) is 23.8 Å². The van der Waals surface area contributed by atoms with Gasteiger partial charge in [-0.2, -0.15) is 4.98 Å². The maximum absolute atomic E-state index is 12.6. The van der Waals surface area contributed by atoms with E-state index in [9.17, 15) is 29.7 Å². The molecule has 11 nitrogen and oxygen atoms in total. The number of hydrogen-bond donors (Lipinski definition) is 4. The first-order valence-corrected chi connectivity index (χ1v) is 15.2. The lowest BCUT2D eigenvalue weighted by atomic mass is 10.1. The fourth-order valence-corrected chi connectivity index (χ4v) is 4.92. The number of unbranched alkanes of at least 4 members (excludes halogenated alkanes) is 11. The minimum absolute atomic E-state index is 0.0288. The first-order valence-electron chi connectivity index (χ1n) is 15.2. The van der Waals surface area contributed by atoms with Crippen molar-refractivity contribution in [3.8, 4) is 0 Å². The first kappa shape index (κ1) is 33.4. The molecular weight excluding hydrogens is 542 g/mol. The maximum Gasteiger partial charge on any atom is 0.351 e. The van der Waals surface area contributed by atoms with Gasteiger partial charge in [0.1, 0.15) is 24.1 Å². The zero-order chi connectivity index (χ0) is 30.3. The van der Waals surface area contributed by atoms with E-state index in [4.69, 9.17) is 9.47 Å². The summed E-state index contributed by atoms with van der Waals surface area (Å²) in [6, 6.07) is 7.32. The summed E-state index contributed by atoms with van der Waals surface area (Å²) in [5.74, 6) is -1.01. The molecule has 0 radical (unpaired) electrons. The summed E-state index contributed by atoms with van der Waals surface area (Å²) < 4.78 is 11.7. The number of aliphatic hydroxyl groups is 3. The van der Waals surface area contributed by atoms with Crippen molar-refractivity contribution in [3.05, 3.63) is 58.1 Å². The Kier molecular flexibility index (Phi) is 14.1. The Morgan fingerprint density at radius 1 is 0.881 bits per heavy atom. The average Bonchev–Trinajstić information content (AvgIpc) is 3.28. The van der Waals surface area contributed by atoms with Gasteiger partial charge >= 0.3 is 11.7 Å². The van der Waals surface area contributed by atoms with Crippen LogP contribution in [0.25, 0.3) is 0 Å². The van der Waals surface area contributed by atoms with Gasteiger partial charge in [-0.15, -0.1) is 0 Å². The maximum atomic E-state index is 12.6. The fraction of sp³-hybridized carbons (Fsp3) is 0.613. The number of ether oxygens (including phenoxy) is 2. The van der Waals surface area contributed by atoms with Gasteiger partial charge in [0.25, 0.3) is 5.91 Å². The number of benzene rings is 1. The van der Waals surface area contributed by atoms with Crippen molar-refractivity contribution in [2.45, 2.75) is 109 Å². The lowest BCUT2D eigenvalue weighted by Gasteiger charge is -2.17. The van der Waals surface area contributed by atoms with Crippen LogP contribution >= 0.6 is 0 Å². The molecule has 2 aromatic rings. The molecule has 1 aromatic heterocycles. The standard InChI is InChI=1S/C31H45N3O8/c1-2-3-4-5-6-7-8-9-10-11-12-13-20-41-30(39)23-16-14-22(15-17-23)28(38)32-25-18-19-34(31(40)33-25)29-27(37)26(36)24(21-35)42-29/h14-19,24,26-27,29,35-37H,2-13,20-21H2,1H3,(H,32,33,38,40)/t24-,26-,27+,29-/m1/s1. The Hall–Kier alpha value is -3.12. The molecule has 232 valence electrons. The van der Waals surface area contributed by atoms with Gasteiger partial charge in [0, 0.05) is 11.8 Å². The summed E-state index contributed by atoms with van der Waals surface area (Å²) in [6.45, 7) is 2.07. The molecule has 1 aliphatic heterocycles. The average molecular weight is 588 g/mol. The molecule has 1 aliphatic rings. The topological polar surface area (TPSA) is 160 Å². The van der Waals surface area contributed by atoms with Crippen molar-refractivity contribution in [1.29, 1.82) is 0 Å². The number of carbonyl (C=O) groups is 2. The predicted molar refractivity (Wildman–Crippen MR) is 157 cm³/mol. The molecule has 1 amide bonds. The van der Waals surface area contributed by atoms with Crippen molar-refractivity contribution in [3.63, 3.8) is 0 Å². The van der Waals surface area contributed by atoms with Gasteiger partial charge in [-0.25, -0.2) is 9.59 Å². The van der Waals surface area contributed by atoms with Crippen molar-refractivity contribution in [1.82, 2.24) is 9.55 Å². The van der Waals surface area contributed by atoms with Crippen LogP contribution in [-0.4, -0.2) is 68.3 Å². The Morgan fingerprint density at radius 2 is 1.45 bits per heavy atom. The van der Waals surface area contributed by atoms with E-state index in [0.29, 0.717) is 12.2 Å². The van der Waals surface area contributed by atoms with Crippen LogP contribution < -0.4 is 11.0 Å². The van der Waals surface area contributed by atoms with Crippen LogP contribution in [0.3, 0.4) is 0 Å². The van der Waals surface area contributed by atoms with Gasteiger partial charge in [-0.1, -0.05) is 77.6 Å². The fourth-order valence-electron chi connectivity index (χ4n) is 4.92. The Labute approximate surface area is 246 Å². The smallest absolute Gasteiger partial charge is 0.351 e. The molecule has 2 heterocycles. The van der Waals surface area contributed by atoms with Crippen molar-refractivity contribution >= 4 is 17.7 Å². The molecule has 4 atom stereocenters. The highest BCUT2D eigenvalue weighted by molar-refractivity contribution is 6.04. The third kappa shape index (κ3) is 10.0. The summed E-state index contributed by atoms with van der Waals surface area (Å²) in [5, 5.41) is 31.8. The van der Waals surface area contributed by atoms with Crippen LogP contribution in [-0.2, 0) is 9.47 Å². The second-order valence-corrected chi connectivity index (χ2v) is 10.8. The molecule has 1 fully saturated rings. The molecule has 1 saturated heterocycles. The van der Waals surface area contributed by atoms with E-state index < -0.39 is 48.7 Å². The van der Waals surface area contributed by atoms with Crippen LogP contribution in [0.1, 0.15) is 111 Å². The van der Waals surface area contributed by atoms with E-state index in [2.05, 4.69) is 17.2 Å². The number of anilines is 1. The summed E-state index contributed by atoms with van der Waals surface area (Å²) >= 11 is 0. The second kappa shape index (κ2) is 17.7. The molecule has 0 bridgehead atoms. The van der Waals surface area contributed by atoms with E-state index in [-0.39, 0.29) is 11.4 Å². The normalized spacial score (nSPS) is 20.0. The van der Waals surface area contributed by atoms with Gasteiger partial charge < -0.3 is 30.1 Å². The number of hydrogen-bond acceptors (Lipinski definition) is 9. The van der Waals surface area contributed by atoms with E-state index >= 15 is 0 Å². The number of aliphatic hydroxyl groups excluding tert-OH is 3. The number of nitrogens with one attached hydrogen (secondary N) is 1. The molecule has 0 unspecified atom stereocenters. The highest BCUT2D eigenvalue weighted by Crippen LogP contribution is 2.28. The number of nitrogens with zero attached hydrogens (tertiary/aromatic N) is 2. The van der Waals surface area contributed by atoms with Gasteiger partial charge in [-0.3, -0.25) is 9.36 Å². The van der Waals surface area contributed by atoms with Crippen LogP contribution in [0.15, 0.2) is 41.3 Å². The zero-order valence-corrected chi connectivity index (χ0v) is 24.5. The number of carbonyl (C=O) groups excluding carboxylic acids is 2. The predicted octanol–water partition coefficient (Wildman–Crippen LogP) is 3.97. The zero-order valence-electron chi connectivity index (χ0n) is 24.5. The largest absolute Gasteiger partial charge is 0.462 e. The van der Waals surface area contributed by atoms with Crippen LogP contribution in [0, 0.1) is 0 Å². The molecule has 1 aromatic carbocycles. The molecule has 3 rings (SSSR count). The molecule has 42 heavy (non-hydrogen) atoms. The molecule has 4 N–H and O–H groups in total. The van der Waals surface area contributed by atoms with Crippen molar-refractivity contribution in [2.24, 2.45) is 0 Å². The van der Waals surface area contributed by atoms with Gasteiger partial charge in [0.05, 0.1) is 18.8 Å². The van der Waals surface area contributed by atoms with Gasteiger partial charge in [-0.05, 0) is 36.8 Å². The monoisotopic (exact) mass is 587 g/mol. The molecule has 0 saturated carbocycles. The summed E-state index contributed by atoms with van der Waals surface area (Å²) in [4.78, 5) is 41.2. The van der Waals surface area contributed by atoms with Gasteiger partial charge in [0.15, 0.2) is 6.23 Å². The number of rotatable bonds is 18.